The molecule has 0 fully saturated rings. The smallest absolute Gasteiger partial charge is 0.318 e. The van der Waals surface area contributed by atoms with Gasteiger partial charge in [0, 0.05) is 5.54 Å². The predicted octanol–water partition coefficient (Wildman–Crippen LogP) is 0.107. The molecule has 4 heteroatoms. The first kappa shape index (κ1) is 8.78. The molecular formula is C5H11NO2S. The van der Waals surface area contributed by atoms with Gasteiger partial charge >= 0.3 is 5.97 Å². The maximum atomic E-state index is 10.2. The van der Waals surface area contributed by atoms with Crippen LogP contribution in [-0.2, 0) is 4.79 Å². The lowest BCUT2D eigenvalue weighted by Crippen LogP contribution is -2.46. The van der Waals surface area contributed by atoms with E-state index in [-0.39, 0.29) is 0 Å². The van der Waals surface area contributed by atoms with Crippen molar-refractivity contribution in [1.29, 1.82) is 0 Å². The summed E-state index contributed by atoms with van der Waals surface area (Å²) >= 11 is 3.78. The minimum Gasteiger partial charge on any atom is -0.480 e. The molecule has 0 aliphatic rings. The van der Waals surface area contributed by atoms with Gasteiger partial charge < -0.3 is 10.8 Å². The standard InChI is InChI=1S/C5H11NO2S/c1-5(2,6)3(9)4(7)8/h3,9H,6H2,1-2H3,(H,7,8)/t3-/m0/s1. The number of carbonyl (C=O) groups is 1. The highest BCUT2D eigenvalue weighted by Gasteiger charge is 2.27. The predicted molar refractivity (Wildman–Crippen MR) is 38.7 cm³/mol. The monoisotopic (exact) mass is 149 g/mol. The number of carboxylic acid groups (broad SMARTS) is 1. The molecule has 0 aliphatic carbocycles. The number of nitrogens with two attached hydrogens (primary N) is 1. The third-order valence-electron chi connectivity index (χ3n) is 0.939. The third-order valence-corrected chi connectivity index (χ3v) is 1.83. The summed E-state index contributed by atoms with van der Waals surface area (Å²) in [6, 6.07) is 0. The van der Waals surface area contributed by atoms with Gasteiger partial charge in [0.15, 0.2) is 0 Å². The lowest BCUT2D eigenvalue weighted by molar-refractivity contribution is -0.137. The largest absolute Gasteiger partial charge is 0.480 e. The van der Waals surface area contributed by atoms with E-state index >= 15 is 0 Å². The van der Waals surface area contributed by atoms with Gasteiger partial charge in [-0.25, -0.2) is 0 Å². The molecule has 3 N–H and O–H groups in total. The minimum atomic E-state index is -0.981. The van der Waals surface area contributed by atoms with Crippen molar-refractivity contribution in [3.05, 3.63) is 0 Å². The Hall–Kier alpha value is -0.220. The molecule has 0 aromatic heterocycles. The Balaban J connectivity index is 4.04. The molecule has 0 aromatic carbocycles. The highest BCUT2D eigenvalue weighted by atomic mass is 32.1. The van der Waals surface area contributed by atoms with Crippen LogP contribution in [0.5, 0.6) is 0 Å². The van der Waals surface area contributed by atoms with Crippen LogP contribution in [-0.4, -0.2) is 21.9 Å². The van der Waals surface area contributed by atoms with E-state index in [0.717, 1.165) is 0 Å². The van der Waals surface area contributed by atoms with Gasteiger partial charge in [0.2, 0.25) is 0 Å². The van der Waals surface area contributed by atoms with Crippen molar-refractivity contribution >= 4 is 18.6 Å². The van der Waals surface area contributed by atoms with E-state index in [4.69, 9.17) is 10.8 Å². The summed E-state index contributed by atoms with van der Waals surface area (Å²) in [4.78, 5) is 10.2. The quantitative estimate of drug-likeness (QED) is 0.488. The Morgan fingerprint density at radius 1 is 1.78 bits per heavy atom. The molecule has 0 aromatic rings. The molecule has 54 valence electrons. The zero-order valence-corrected chi connectivity index (χ0v) is 6.35. The van der Waals surface area contributed by atoms with E-state index < -0.39 is 16.8 Å². The number of thiol groups is 1. The maximum absolute atomic E-state index is 10.2. The Morgan fingerprint density at radius 3 is 2.11 bits per heavy atom. The molecule has 0 heterocycles. The summed E-state index contributed by atoms with van der Waals surface area (Å²) in [7, 11) is 0. The number of rotatable bonds is 2. The average Bonchev–Trinajstić information content (AvgIpc) is 1.62. The van der Waals surface area contributed by atoms with Gasteiger partial charge in [-0.1, -0.05) is 0 Å². The lowest BCUT2D eigenvalue weighted by Gasteiger charge is -2.21. The fourth-order valence-electron chi connectivity index (χ4n) is 0.318. The van der Waals surface area contributed by atoms with Crippen molar-refractivity contribution in [2.75, 3.05) is 0 Å². The van der Waals surface area contributed by atoms with Gasteiger partial charge in [0.25, 0.3) is 0 Å². The molecule has 0 radical (unpaired) electrons. The SMILES string of the molecule is CC(C)(N)[C@@H](S)C(=O)O. The summed E-state index contributed by atoms with van der Waals surface area (Å²) in [5.41, 5.74) is 4.67. The van der Waals surface area contributed by atoms with Crippen molar-refractivity contribution in [3.63, 3.8) is 0 Å². The summed E-state index contributed by atoms with van der Waals surface area (Å²) in [5, 5.41) is 7.57. The Kier molecular flexibility index (Phi) is 2.51. The van der Waals surface area contributed by atoms with Gasteiger partial charge in [-0.3, -0.25) is 4.79 Å². The maximum Gasteiger partial charge on any atom is 0.318 e. The first-order valence-corrected chi connectivity index (χ1v) is 3.07. The second-order valence-corrected chi connectivity index (χ2v) is 3.08. The van der Waals surface area contributed by atoms with Crippen LogP contribution in [0.15, 0.2) is 0 Å². The zero-order chi connectivity index (χ0) is 7.65. The van der Waals surface area contributed by atoms with Crippen LogP contribution in [0.25, 0.3) is 0 Å². The summed E-state index contributed by atoms with van der Waals surface area (Å²) < 4.78 is 0. The molecule has 0 spiro atoms. The van der Waals surface area contributed by atoms with Gasteiger partial charge in [0.05, 0.1) is 0 Å². The fraction of sp³-hybridized carbons (Fsp3) is 0.800. The van der Waals surface area contributed by atoms with Crippen molar-refractivity contribution < 1.29 is 9.90 Å². The van der Waals surface area contributed by atoms with Crippen LogP contribution < -0.4 is 5.73 Å². The topological polar surface area (TPSA) is 63.3 Å². The molecule has 0 aliphatic heterocycles. The van der Waals surface area contributed by atoms with Gasteiger partial charge in [-0.2, -0.15) is 12.6 Å². The van der Waals surface area contributed by atoms with E-state index in [9.17, 15) is 4.79 Å². The number of aliphatic carboxylic acids is 1. The van der Waals surface area contributed by atoms with Crippen molar-refractivity contribution in [2.24, 2.45) is 5.73 Å². The third kappa shape index (κ3) is 2.72. The van der Waals surface area contributed by atoms with Crippen molar-refractivity contribution in [1.82, 2.24) is 0 Å². The molecule has 3 nitrogen and oxygen atoms in total. The van der Waals surface area contributed by atoms with Crippen LogP contribution in [0.4, 0.5) is 0 Å². The van der Waals surface area contributed by atoms with Crippen LogP contribution in [0.3, 0.4) is 0 Å². The van der Waals surface area contributed by atoms with Crippen LogP contribution >= 0.6 is 12.6 Å². The van der Waals surface area contributed by atoms with E-state index in [1.54, 1.807) is 13.8 Å². The van der Waals surface area contributed by atoms with Crippen molar-refractivity contribution in [2.45, 2.75) is 24.6 Å². The molecular weight excluding hydrogens is 138 g/mol. The summed E-state index contributed by atoms with van der Waals surface area (Å²) in [6.45, 7) is 3.25. The first-order chi connectivity index (χ1) is 3.85. The summed E-state index contributed by atoms with van der Waals surface area (Å²) in [6.07, 6.45) is 0. The lowest BCUT2D eigenvalue weighted by atomic mass is 10.0. The number of hydrogen-bond donors (Lipinski definition) is 3. The molecule has 0 bridgehead atoms. The molecule has 0 rings (SSSR count). The van der Waals surface area contributed by atoms with E-state index in [2.05, 4.69) is 12.6 Å². The summed E-state index contributed by atoms with van der Waals surface area (Å²) in [5.74, 6) is -0.981. The van der Waals surface area contributed by atoms with E-state index in [1.807, 2.05) is 0 Å². The molecule has 9 heavy (non-hydrogen) atoms. The van der Waals surface area contributed by atoms with E-state index in [1.165, 1.54) is 0 Å². The number of carboxylic acids is 1. The van der Waals surface area contributed by atoms with Gasteiger partial charge in [-0.15, -0.1) is 0 Å². The molecule has 0 amide bonds. The highest BCUT2D eigenvalue weighted by Crippen LogP contribution is 2.10. The number of hydrogen-bond acceptors (Lipinski definition) is 3. The van der Waals surface area contributed by atoms with Crippen LogP contribution in [0, 0.1) is 0 Å². The second kappa shape index (κ2) is 2.58. The molecule has 0 saturated heterocycles. The van der Waals surface area contributed by atoms with Gasteiger partial charge in [0.1, 0.15) is 5.25 Å². The average molecular weight is 149 g/mol. The Morgan fingerprint density at radius 2 is 2.11 bits per heavy atom. The van der Waals surface area contributed by atoms with Gasteiger partial charge in [-0.05, 0) is 13.8 Å². The van der Waals surface area contributed by atoms with Crippen LogP contribution in [0.1, 0.15) is 13.8 Å². The molecule has 1 atom stereocenters. The zero-order valence-electron chi connectivity index (χ0n) is 5.46. The highest BCUT2D eigenvalue weighted by molar-refractivity contribution is 7.81. The van der Waals surface area contributed by atoms with Crippen molar-refractivity contribution in [3.8, 4) is 0 Å². The minimum absolute atomic E-state index is 0.755. The fourth-order valence-corrected chi connectivity index (χ4v) is 0.318. The first-order valence-electron chi connectivity index (χ1n) is 2.55. The van der Waals surface area contributed by atoms with E-state index in [0.29, 0.717) is 0 Å². The normalized spacial score (nSPS) is 15.1. The Bertz CT molecular complexity index is 119. The molecule has 0 unspecified atom stereocenters. The Labute approximate surface area is 59.6 Å². The molecule has 0 saturated carbocycles. The van der Waals surface area contributed by atoms with Crippen LogP contribution in [0.2, 0.25) is 0 Å². The second-order valence-electron chi connectivity index (χ2n) is 2.56.